The van der Waals surface area contributed by atoms with Crippen molar-refractivity contribution in [2.75, 3.05) is 19.8 Å². The van der Waals surface area contributed by atoms with E-state index in [0.717, 1.165) is 28.6 Å². The normalized spacial score (nSPS) is 10.4. The molecule has 0 aliphatic heterocycles. The maximum absolute atomic E-state index is 8.76. The molecule has 16 heavy (non-hydrogen) atoms. The van der Waals surface area contributed by atoms with Gasteiger partial charge in [0, 0.05) is 6.61 Å². The van der Waals surface area contributed by atoms with Crippen LogP contribution in [0.4, 0.5) is 0 Å². The summed E-state index contributed by atoms with van der Waals surface area (Å²) in [6.07, 6.45) is 2.60. The number of aliphatic hydroxyl groups is 1. The van der Waals surface area contributed by atoms with Crippen LogP contribution >= 0.6 is 22.6 Å². The molecule has 1 rings (SSSR count). The van der Waals surface area contributed by atoms with Gasteiger partial charge in [-0.05, 0) is 66.1 Å². The zero-order valence-corrected chi connectivity index (χ0v) is 11.4. The summed E-state index contributed by atoms with van der Waals surface area (Å²) < 4.78 is 6.72. The number of benzene rings is 1. The number of halogens is 1. The van der Waals surface area contributed by atoms with Crippen LogP contribution in [0.1, 0.15) is 18.4 Å². The lowest BCUT2D eigenvalue weighted by Gasteiger charge is -2.09. The molecule has 0 heterocycles. The summed E-state index contributed by atoms with van der Waals surface area (Å²) in [4.78, 5) is 0. The average molecular weight is 335 g/mol. The number of rotatable bonds is 7. The Morgan fingerprint density at radius 2 is 2.12 bits per heavy atom. The zero-order valence-electron chi connectivity index (χ0n) is 9.29. The van der Waals surface area contributed by atoms with Gasteiger partial charge >= 0.3 is 0 Å². The highest BCUT2D eigenvalue weighted by Gasteiger charge is 2.02. The third kappa shape index (κ3) is 4.67. The van der Waals surface area contributed by atoms with Crippen molar-refractivity contribution in [3.05, 3.63) is 27.3 Å². The molecular weight excluding hydrogens is 317 g/mol. The maximum Gasteiger partial charge on any atom is 0.132 e. The first-order valence-electron chi connectivity index (χ1n) is 5.50. The number of hydrogen-bond acceptors (Lipinski definition) is 3. The summed E-state index contributed by atoms with van der Waals surface area (Å²) in [6, 6.07) is 6.15. The van der Waals surface area contributed by atoms with Crippen LogP contribution in [0.2, 0.25) is 0 Å². The fourth-order valence-electron chi connectivity index (χ4n) is 1.37. The van der Waals surface area contributed by atoms with E-state index in [1.54, 1.807) is 0 Å². The molecule has 0 amide bonds. The fraction of sp³-hybridized carbons (Fsp3) is 0.500. The highest BCUT2D eigenvalue weighted by Crippen LogP contribution is 2.22. The molecule has 3 N–H and O–H groups in total. The van der Waals surface area contributed by atoms with E-state index in [-0.39, 0.29) is 6.61 Å². The highest BCUT2D eigenvalue weighted by atomic mass is 127. The van der Waals surface area contributed by atoms with Crippen LogP contribution in [-0.4, -0.2) is 24.9 Å². The van der Waals surface area contributed by atoms with Crippen molar-refractivity contribution in [1.29, 1.82) is 0 Å². The average Bonchev–Trinajstić information content (AvgIpc) is 2.29. The second-order valence-electron chi connectivity index (χ2n) is 3.58. The van der Waals surface area contributed by atoms with E-state index in [2.05, 4.69) is 34.7 Å². The fourth-order valence-corrected chi connectivity index (χ4v) is 2.10. The van der Waals surface area contributed by atoms with Crippen molar-refractivity contribution < 1.29 is 9.84 Å². The predicted octanol–water partition coefficient (Wildman–Crippen LogP) is 1.94. The molecule has 90 valence electrons. The molecular formula is C12H18INO2. The summed E-state index contributed by atoms with van der Waals surface area (Å²) in [7, 11) is 0. The quantitative estimate of drug-likeness (QED) is 0.592. The summed E-state index contributed by atoms with van der Waals surface area (Å²) in [5.74, 6) is 0.918. The van der Waals surface area contributed by atoms with Crippen LogP contribution in [-0.2, 0) is 6.42 Å². The third-order valence-electron chi connectivity index (χ3n) is 2.23. The Kier molecular flexibility index (Phi) is 6.75. The number of aryl methyl sites for hydroxylation is 1. The number of nitrogens with two attached hydrogens (primary N) is 1. The van der Waals surface area contributed by atoms with Gasteiger partial charge in [0.15, 0.2) is 0 Å². The van der Waals surface area contributed by atoms with Crippen molar-refractivity contribution in [2.45, 2.75) is 19.3 Å². The standard InChI is InChI=1S/C12H18INO2/c13-11-9-10(3-1-7-15)4-5-12(11)16-8-2-6-14/h4-5,9,15H,1-3,6-8,14H2. The number of ether oxygens (including phenoxy) is 1. The molecule has 0 fully saturated rings. The molecule has 0 aliphatic rings. The monoisotopic (exact) mass is 335 g/mol. The van der Waals surface area contributed by atoms with Gasteiger partial charge < -0.3 is 15.6 Å². The maximum atomic E-state index is 8.76. The van der Waals surface area contributed by atoms with Crippen molar-refractivity contribution in [1.82, 2.24) is 0 Å². The predicted molar refractivity (Wildman–Crippen MR) is 73.7 cm³/mol. The van der Waals surface area contributed by atoms with Gasteiger partial charge in [0.05, 0.1) is 10.2 Å². The molecule has 4 heteroatoms. The van der Waals surface area contributed by atoms with Gasteiger partial charge in [0.1, 0.15) is 5.75 Å². The van der Waals surface area contributed by atoms with Crippen LogP contribution in [0.5, 0.6) is 5.75 Å². The molecule has 0 aliphatic carbocycles. The van der Waals surface area contributed by atoms with Gasteiger partial charge in [-0.15, -0.1) is 0 Å². The second kappa shape index (κ2) is 7.86. The van der Waals surface area contributed by atoms with E-state index < -0.39 is 0 Å². The molecule has 3 nitrogen and oxygen atoms in total. The SMILES string of the molecule is NCCCOc1ccc(CCCO)cc1I. The number of hydrogen-bond donors (Lipinski definition) is 2. The van der Waals surface area contributed by atoms with Crippen LogP contribution in [0.25, 0.3) is 0 Å². The van der Waals surface area contributed by atoms with Crippen molar-refractivity contribution in [2.24, 2.45) is 5.73 Å². The molecule has 0 bridgehead atoms. The van der Waals surface area contributed by atoms with Crippen molar-refractivity contribution in [3.8, 4) is 5.75 Å². The van der Waals surface area contributed by atoms with Gasteiger partial charge in [-0.25, -0.2) is 0 Å². The van der Waals surface area contributed by atoms with Gasteiger partial charge in [0.2, 0.25) is 0 Å². The molecule has 0 saturated heterocycles. The van der Waals surface area contributed by atoms with Gasteiger partial charge in [0.25, 0.3) is 0 Å². The topological polar surface area (TPSA) is 55.5 Å². The van der Waals surface area contributed by atoms with Crippen molar-refractivity contribution in [3.63, 3.8) is 0 Å². The summed E-state index contributed by atoms with van der Waals surface area (Å²) in [6.45, 7) is 1.57. The van der Waals surface area contributed by atoms with E-state index in [4.69, 9.17) is 15.6 Å². The number of aliphatic hydroxyl groups excluding tert-OH is 1. The Morgan fingerprint density at radius 1 is 1.31 bits per heavy atom. The van der Waals surface area contributed by atoms with Crippen molar-refractivity contribution >= 4 is 22.6 Å². The van der Waals surface area contributed by atoms with E-state index in [1.165, 1.54) is 5.56 Å². The summed E-state index contributed by atoms with van der Waals surface area (Å²) >= 11 is 2.27. The van der Waals surface area contributed by atoms with Crippen LogP contribution in [0, 0.1) is 3.57 Å². The molecule has 0 aromatic heterocycles. The lowest BCUT2D eigenvalue weighted by Crippen LogP contribution is -2.06. The van der Waals surface area contributed by atoms with Gasteiger partial charge in [-0.3, -0.25) is 0 Å². The zero-order chi connectivity index (χ0) is 11.8. The lowest BCUT2D eigenvalue weighted by molar-refractivity contribution is 0.288. The molecule has 1 aromatic rings. The summed E-state index contributed by atoms with van der Waals surface area (Å²) in [5, 5.41) is 8.76. The van der Waals surface area contributed by atoms with E-state index in [0.29, 0.717) is 13.2 Å². The molecule has 0 unspecified atom stereocenters. The third-order valence-corrected chi connectivity index (χ3v) is 3.07. The minimum Gasteiger partial charge on any atom is -0.492 e. The molecule has 0 atom stereocenters. The first-order chi connectivity index (χ1) is 7.77. The first-order valence-corrected chi connectivity index (χ1v) is 6.58. The van der Waals surface area contributed by atoms with Gasteiger partial charge in [-0.1, -0.05) is 6.07 Å². The van der Waals surface area contributed by atoms with Crippen LogP contribution in [0.15, 0.2) is 18.2 Å². The first kappa shape index (κ1) is 13.7. The molecule has 0 saturated carbocycles. The minimum absolute atomic E-state index is 0.241. The Hall–Kier alpha value is -0.330. The molecule has 1 aromatic carbocycles. The summed E-state index contributed by atoms with van der Waals surface area (Å²) in [5.41, 5.74) is 6.64. The second-order valence-corrected chi connectivity index (χ2v) is 4.74. The Balaban J connectivity index is 2.53. The lowest BCUT2D eigenvalue weighted by atomic mass is 10.1. The minimum atomic E-state index is 0.241. The highest BCUT2D eigenvalue weighted by molar-refractivity contribution is 14.1. The Bertz CT molecular complexity index is 318. The Morgan fingerprint density at radius 3 is 2.75 bits per heavy atom. The van der Waals surface area contributed by atoms with E-state index in [9.17, 15) is 0 Å². The largest absolute Gasteiger partial charge is 0.492 e. The Labute approximate surface area is 110 Å². The van der Waals surface area contributed by atoms with Crippen LogP contribution in [0.3, 0.4) is 0 Å². The van der Waals surface area contributed by atoms with Crippen LogP contribution < -0.4 is 10.5 Å². The van der Waals surface area contributed by atoms with E-state index in [1.807, 2.05) is 6.07 Å². The smallest absolute Gasteiger partial charge is 0.132 e. The van der Waals surface area contributed by atoms with E-state index >= 15 is 0 Å². The molecule has 0 spiro atoms. The van der Waals surface area contributed by atoms with Gasteiger partial charge in [-0.2, -0.15) is 0 Å². The molecule has 0 radical (unpaired) electrons.